The molecule has 4 rings (SSSR count). The number of hydrogen-bond acceptors (Lipinski definition) is 7. The lowest BCUT2D eigenvalue weighted by Crippen LogP contribution is -2.43. The van der Waals surface area contributed by atoms with Gasteiger partial charge in [0.05, 0.1) is 24.5 Å². The Balaban J connectivity index is 1.18. The van der Waals surface area contributed by atoms with Crippen LogP contribution in [0.3, 0.4) is 0 Å². The molecular formula is C24H30N4O3S. The summed E-state index contributed by atoms with van der Waals surface area (Å²) < 4.78 is 10.8. The maximum absolute atomic E-state index is 12.6. The zero-order chi connectivity index (χ0) is 22.2. The Kier molecular flexibility index (Phi) is 8.01. The number of amides is 1. The lowest BCUT2D eigenvalue weighted by Gasteiger charge is -2.30. The highest BCUT2D eigenvalue weighted by Crippen LogP contribution is 2.21. The first-order valence-electron chi connectivity index (χ1n) is 11.2. The minimum atomic E-state index is 0.0127. The molecule has 0 spiro atoms. The molecule has 0 bridgehead atoms. The number of carbonyl (C=O) groups is 1. The lowest BCUT2D eigenvalue weighted by atomic mass is 9.97. The van der Waals surface area contributed by atoms with Crippen molar-refractivity contribution in [2.45, 2.75) is 38.5 Å². The quantitative estimate of drug-likeness (QED) is 0.458. The second-order valence-corrected chi connectivity index (χ2v) is 9.34. The summed E-state index contributed by atoms with van der Waals surface area (Å²) in [6.07, 6.45) is 4.58. The van der Waals surface area contributed by atoms with Crippen molar-refractivity contribution in [1.29, 1.82) is 0 Å². The largest absolute Gasteiger partial charge is 0.468 e. The number of piperidine rings is 1. The number of hydrogen-bond donors (Lipinski definition) is 1. The van der Waals surface area contributed by atoms with Crippen molar-refractivity contribution in [2.24, 2.45) is 5.92 Å². The molecule has 2 aromatic heterocycles. The molecule has 3 aromatic rings. The molecule has 1 aliphatic heterocycles. The molecule has 1 N–H and O–H groups in total. The molecule has 7 nitrogen and oxygen atoms in total. The van der Waals surface area contributed by atoms with Crippen LogP contribution in [0.25, 0.3) is 11.4 Å². The van der Waals surface area contributed by atoms with Gasteiger partial charge in [0.25, 0.3) is 0 Å². The van der Waals surface area contributed by atoms with Crippen LogP contribution in [-0.2, 0) is 17.1 Å². The zero-order valence-corrected chi connectivity index (χ0v) is 19.3. The predicted molar refractivity (Wildman–Crippen MR) is 125 cm³/mol. The molecule has 1 fully saturated rings. The molecule has 8 heteroatoms. The van der Waals surface area contributed by atoms with Crippen LogP contribution in [0.4, 0.5) is 0 Å². The first kappa shape index (κ1) is 22.6. The van der Waals surface area contributed by atoms with Crippen LogP contribution in [-0.4, -0.2) is 46.3 Å². The fourth-order valence-corrected chi connectivity index (χ4v) is 4.78. The van der Waals surface area contributed by atoms with Crippen molar-refractivity contribution in [3.8, 4) is 11.4 Å². The van der Waals surface area contributed by atoms with Gasteiger partial charge in [-0.1, -0.05) is 28.9 Å². The van der Waals surface area contributed by atoms with Crippen LogP contribution in [0.5, 0.6) is 0 Å². The number of nitrogens with zero attached hydrogens (tertiary/aromatic N) is 3. The normalized spacial score (nSPS) is 16.8. The van der Waals surface area contributed by atoms with Gasteiger partial charge >= 0.3 is 0 Å². The number of aryl methyl sites for hydroxylation is 1. The Morgan fingerprint density at radius 2 is 2.25 bits per heavy atom. The molecule has 0 radical (unpaired) electrons. The standard InChI is InChI=1S/C24H30N4O3S/c1-18-6-2-7-19(14-18)23-26-22(31-27-23)16-28-11-3-8-20(15-28)24(29)25-10-5-13-32-17-21-9-4-12-30-21/h2,4,6-7,9,12,14,20H,3,5,8,10-11,13,15-17H2,1H3,(H,25,29). The number of nitrogens with one attached hydrogen (secondary N) is 1. The van der Waals surface area contributed by atoms with Gasteiger partial charge in [0.2, 0.25) is 17.6 Å². The van der Waals surface area contributed by atoms with E-state index in [1.165, 1.54) is 0 Å². The molecule has 32 heavy (non-hydrogen) atoms. The van der Waals surface area contributed by atoms with Crippen LogP contribution in [0.1, 0.15) is 36.5 Å². The number of carbonyl (C=O) groups excluding carboxylic acids is 1. The lowest BCUT2D eigenvalue weighted by molar-refractivity contribution is -0.126. The van der Waals surface area contributed by atoms with Gasteiger partial charge in [0.1, 0.15) is 5.76 Å². The van der Waals surface area contributed by atoms with Gasteiger partial charge in [0, 0.05) is 18.7 Å². The van der Waals surface area contributed by atoms with Crippen molar-refractivity contribution in [3.05, 3.63) is 59.9 Å². The smallest absolute Gasteiger partial charge is 0.241 e. The van der Waals surface area contributed by atoms with Gasteiger partial charge < -0.3 is 14.3 Å². The molecule has 1 saturated heterocycles. The van der Waals surface area contributed by atoms with E-state index in [9.17, 15) is 4.79 Å². The van der Waals surface area contributed by atoms with E-state index in [1.54, 1.807) is 6.26 Å². The fourth-order valence-electron chi connectivity index (χ4n) is 3.92. The number of likely N-dealkylation sites (tertiary alicyclic amines) is 1. The van der Waals surface area contributed by atoms with Gasteiger partial charge in [-0.2, -0.15) is 16.7 Å². The highest BCUT2D eigenvalue weighted by atomic mass is 32.2. The average Bonchev–Trinajstić information content (AvgIpc) is 3.48. The Morgan fingerprint density at radius 3 is 3.09 bits per heavy atom. The van der Waals surface area contributed by atoms with E-state index >= 15 is 0 Å². The Morgan fingerprint density at radius 1 is 1.31 bits per heavy atom. The number of aromatic nitrogens is 2. The summed E-state index contributed by atoms with van der Waals surface area (Å²) in [6, 6.07) is 12.0. The maximum Gasteiger partial charge on any atom is 0.241 e. The highest BCUT2D eigenvalue weighted by molar-refractivity contribution is 7.98. The number of rotatable bonds is 10. The Labute approximate surface area is 192 Å². The third-order valence-corrected chi connectivity index (χ3v) is 6.63. The summed E-state index contributed by atoms with van der Waals surface area (Å²) >= 11 is 1.82. The van der Waals surface area contributed by atoms with Crippen molar-refractivity contribution in [1.82, 2.24) is 20.4 Å². The van der Waals surface area contributed by atoms with Gasteiger partial charge in [-0.3, -0.25) is 9.69 Å². The van der Waals surface area contributed by atoms with Crippen LogP contribution < -0.4 is 5.32 Å². The predicted octanol–water partition coefficient (Wildman–Crippen LogP) is 4.29. The first-order valence-corrected chi connectivity index (χ1v) is 12.3. The summed E-state index contributed by atoms with van der Waals surface area (Å²) in [5, 5.41) is 7.24. The Bertz CT molecular complexity index is 989. The van der Waals surface area contributed by atoms with Crippen LogP contribution in [0, 0.1) is 12.8 Å². The molecule has 1 unspecified atom stereocenters. The number of furan rings is 1. The maximum atomic E-state index is 12.6. The molecule has 1 atom stereocenters. The topological polar surface area (TPSA) is 84.4 Å². The van der Waals surface area contributed by atoms with Crippen molar-refractivity contribution in [2.75, 3.05) is 25.4 Å². The van der Waals surface area contributed by atoms with Crippen molar-refractivity contribution in [3.63, 3.8) is 0 Å². The number of thioether (sulfide) groups is 1. The monoisotopic (exact) mass is 454 g/mol. The van der Waals surface area contributed by atoms with Crippen LogP contribution in [0.2, 0.25) is 0 Å². The molecular weight excluding hydrogens is 424 g/mol. The summed E-state index contributed by atoms with van der Waals surface area (Å²) in [5.74, 6) is 4.23. The minimum Gasteiger partial charge on any atom is -0.468 e. The average molecular weight is 455 g/mol. The highest BCUT2D eigenvalue weighted by Gasteiger charge is 2.26. The second kappa shape index (κ2) is 11.3. The molecule has 1 aliphatic rings. The summed E-state index contributed by atoms with van der Waals surface area (Å²) in [5.41, 5.74) is 2.12. The van der Waals surface area contributed by atoms with E-state index in [4.69, 9.17) is 8.94 Å². The summed E-state index contributed by atoms with van der Waals surface area (Å²) in [7, 11) is 0. The van der Waals surface area contributed by atoms with E-state index in [-0.39, 0.29) is 11.8 Å². The van der Waals surface area contributed by atoms with E-state index in [0.717, 1.165) is 60.7 Å². The molecule has 1 amide bonds. The summed E-state index contributed by atoms with van der Waals surface area (Å²) in [6.45, 7) is 5.00. The Hall–Kier alpha value is -2.58. The zero-order valence-electron chi connectivity index (χ0n) is 18.5. The van der Waals surface area contributed by atoms with E-state index < -0.39 is 0 Å². The van der Waals surface area contributed by atoms with Crippen LogP contribution >= 0.6 is 11.8 Å². The molecule has 0 aliphatic carbocycles. The molecule has 0 saturated carbocycles. The van der Waals surface area contributed by atoms with Gasteiger partial charge in [-0.05, 0) is 56.7 Å². The fraction of sp³-hybridized carbons (Fsp3) is 0.458. The third-order valence-electron chi connectivity index (χ3n) is 5.57. The van der Waals surface area contributed by atoms with Crippen molar-refractivity contribution < 1.29 is 13.7 Å². The van der Waals surface area contributed by atoms with Crippen molar-refractivity contribution >= 4 is 17.7 Å². The van der Waals surface area contributed by atoms with Gasteiger partial charge in [-0.15, -0.1) is 0 Å². The summed E-state index contributed by atoms with van der Waals surface area (Å²) in [4.78, 5) is 19.4. The first-order chi connectivity index (χ1) is 15.7. The van der Waals surface area contributed by atoms with E-state index in [2.05, 4.69) is 20.4 Å². The SMILES string of the molecule is Cc1cccc(-c2noc(CN3CCCC(C(=O)NCCCSCc4ccco4)C3)n2)c1. The van der Waals surface area contributed by atoms with Gasteiger partial charge in [0.15, 0.2) is 0 Å². The van der Waals surface area contributed by atoms with Crippen LogP contribution in [0.15, 0.2) is 51.6 Å². The molecule has 3 heterocycles. The second-order valence-electron chi connectivity index (χ2n) is 8.23. The molecule has 1 aromatic carbocycles. The molecule has 170 valence electrons. The van der Waals surface area contributed by atoms with E-state index in [1.807, 2.05) is 55.1 Å². The van der Waals surface area contributed by atoms with E-state index in [0.29, 0.717) is 24.8 Å². The number of benzene rings is 1. The van der Waals surface area contributed by atoms with Gasteiger partial charge in [-0.25, -0.2) is 0 Å². The third kappa shape index (κ3) is 6.46. The minimum absolute atomic E-state index is 0.0127.